The Morgan fingerprint density at radius 3 is 2.47 bits per heavy atom. The van der Waals surface area contributed by atoms with Crippen LogP contribution in [0.2, 0.25) is 5.02 Å². The predicted molar refractivity (Wildman–Crippen MR) is 71.7 cm³/mol. The van der Waals surface area contributed by atoms with Crippen molar-refractivity contribution >= 4 is 23.5 Å². The maximum absolute atomic E-state index is 5.81. The Balaban J connectivity index is 2.22. The molecule has 0 aliphatic carbocycles. The van der Waals surface area contributed by atoms with Gasteiger partial charge in [0.05, 0.1) is 7.11 Å². The van der Waals surface area contributed by atoms with Crippen molar-refractivity contribution in [1.29, 1.82) is 0 Å². The van der Waals surface area contributed by atoms with Crippen LogP contribution in [0.5, 0.6) is 5.75 Å². The van der Waals surface area contributed by atoms with Gasteiger partial charge in [0.25, 0.3) is 0 Å². The van der Waals surface area contributed by atoms with Crippen LogP contribution in [0.4, 0.5) is 5.69 Å². The van der Waals surface area contributed by atoms with E-state index in [1.54, 1.807) is 13.3 Å². The summed E-state index contributed by atoms with van der Waals surface area (Å²) in [4.78, 5) is 4.38. The SMILES string of the molecule is COc1ccccc1N=Cc1ccc(Cl)cc1. The Morgan fingerprint density at radius 2 is 1.76 bits per heavy atom. The molecule has 0 radical (unpaired) electrons. The Morgan fingerprint density at radius 1 is 1.06 bits per heavy atom. The highest BCUT2D eigenvalue weighted by atomic mass is 35.5. The van der Waals surface area contributed by atoms with Crippen LogP contribution in [-0.2, 0) is 0 Å². The standard InChI is InChI=1S/C14H12ClNO/c1-17-14-5-3-2-4-13(14)16-10-11-6-8-12(15)9-7-11/h2-10H,1H3. The molecule has 0 saturated heterocycles. The first-order valence-electron chi connectivity index (χ1n) is 5.22. The zero-order valence-electron chi connectivity index (χ0n) is 9.43. The van der Waals surface area contributed by atoms with Crippen LogP contribution in [0.3, 0.4) is 0 Å². The predicted octanol–water partition coefficient (Wildman–Crippen LogP) is 4.10. The van der Waals surface area contributed by atoms with E-state index in [9.17, 15) is 0 Å². The second-order valence-electron chi connectivity index (χ2n) is 3.48. The summed E-state index contributed by atoms with van der Waals surface area (Å²) >= 11 is 5.81. The molecule has 0 aliphatic rings. The summed E-state index contributed by atoms with van der Waals surface area (Å²) in [7, 11) is 1.64. The molecule has 0 fully saturated rings. The van der Waals surface area contributed by atoms with E-state index in [2.05, 4.69) is 4.99 Å². The van der Waals surface area contributed by atoms with Crippen molar-refractivity contribution in [3.8, 4) is 5.75 Å². The Labute approximate surface area is 106 Å². The van der Waals surface area contributed by atoms with E-state index in [-0.39, 0.29) is 0 Å². The molecule has 2 aromatic rings. The van der Waals surface area contributed by atoms with Gasteiger partial charge in [-0.2, -0.15) is 0 Å². The smallest absolute Gasteiger partial charge is 0.144 e. The van der Waals surface area contributed by atoms with Gasteiger partial charge in [-0.05, 0) is 29.8 Å². The average Bonchev–Trinajstić information content (AvgIpc) is 2.38. The first-order chi connectivity index (χ1) is 8.29. The number of nitrogens with zero attached hydrogens (tertiary/aromatic N) is 1. The van der Waals surface area contributed by atoms with Crippen LogP contribution in [0.1, 0.15) is 5.56 Å². The summed E-state index contributed by atoms with van der Waals surface area (Å²) in [5.41, 5.74) is 1.81. The van der Waals surface area contributed by atoms with Crippen molar-refractivity contribution in [2.75, 3.05) is 7.11 Å². The lowest BCUT2D eigenvalue weighted by Gasteiger charge is -2.02. The van der Waals surface area contributed by atoms with Crippen molar-refractivity contribution in [3.05, 3.63) is 59.1 Å². The molecule has 2 aromatic carbocycles. The zero-order valence-corrected chi connectivity index (χ0v) is 10.2. The topological polar surface area (TPSA) is 21.6 Å². The van der Waals surface area contributed by atoms with E-state index in [0.717, 1.165) is 22.0 Å². The molecule has 0 N–H and O–H groups in total. The number of para-hydroxylation sites is 2. The number of benzene rings is 2. The van der Waals surface area contributed by atoms with Gasteiger partial charge in [0.2, 0.25) is 0 Å². The summed E-state index contributed by atoms with van der Waals surface area (Å²) in [6, 6.07) is 15.1. The molecule has 0 saturated carbocycles. The fraction of sp³-hybridized carbons (Fsp3) is 0.0714. The highest BCUT2D eigenvalue weighted by molar-refractivity contribution is 6.30. The Bertz CT molecular complexity index is 520. The lowest BCUT2D eigenvalue weighted by Crippen LogP contribution is -1.84. The van der Waals surface area contributed by atoms with Crippen molar-refractivity contribution in [3.63, 3.8) is 0 Å². The molecule has 0 bridgehead atoms. The van der Waals surface area contributed by atoms with Crippen molar-refractivity contribution < 1.29 is 4.74 Å². The number of halogens is 1. The molecule has 17 heavy (non-hydrogen) atoms. The van der Waals surface area contributed by atoms with E-state index >= 15 is 0 Å². The van der Waals surface area contributed by atoms with Crippen LogP contribution in [-0.4, -0.2) is 13.3 Å². The van der Waals surface area contributed by atoms with E-state index in [4.69, 9.17) is 16.3 Å². The van der Waals surface area contributed by atoms with Crippen molar-refractivity contribution in [2.45, 2.75) is 0 Å². The highest BCUT2D eigenvalue weighted by Crippen LogP contribution is 2.26. The first-order valence-corrected chi connectivity index (χ1v) is 5.60. The van der Waals surface area contributed by atoms with E-state index in [1.165, 1.54) is 0 Å². The lowest BCUT2D eigenvalue weighted by atomic mass is 10.2. The van der Waals surface area contributed by atoms with Crippen molar-refractivity contribution in [1.82, 2.24) is 0 Å². The highest BCUT2D eigenvalue weighted by Gasteiger charge is 1.97. The molecule has 2 nitrogen and oxygen atoms in total. The minimum absolute atomic E-state index is 0.722. The minimum atomic E-state index is 0.722. The van der Waals surface area contributed by atoms with E-state index in [1.807, 2.05) is 48.5 Å². The van der Waals surface area contributed by atoms with E-state index < -0.39 is 0 Å². The molecular formula is C14H12ClNO. The van der Waals surface area contributed by atoms with Gasteiger partial charge in [-0.25, -0.2) is 0 Å². The largest absolute Gasteiger partial charge is 0.494 e. The molecule has 3 heteroatoms. The van der Waals surface area contributed by atoms with Crippen LogP contribution in [0.25, 0.3) is 0 Å². The summed E-state index contributed by atoms with van der Waals surface area (Å²) in [6.45, 7) is 0. The Kier molecular flexibility index (Phi) is 3.78. The van der Waals surface area contributed by atoms with Crippen LogP contribution in [0.15, 0.2) is 53.5 Å². The minimum Gasteiger partial charge on any atom is -0.494 e. The maximum atomic E-state index is 5.81. The lowest BCUT2D eigenvalue weighted by molar-refractivity contribution is 0.416. The molecule has 0 amide bonds. The second-order valence-corrected chi connectivity index (χ2v) is 3.92. The normalized spacial score (nSPS) is 10.7. The number of hydrogen-bond acceptors (Lipinski definition) is 2. The molecular weight excluding hydrogens is 234 g/mol. The molecule has 0 heterocycles. The maximum Gasteiger partial charge on any atom is 0.144 e. The van der Waals surface area contributed by atoms with Crippen LogP contribution >= 0.6 is 11.6 Å². The van der Waals surface area contributed by atoms with E-state index in [0.29, 0.717) is 0 Å². The number of rotatable bonds is 3. The average molecular weight is 246 g/mol. The third-order valence-electron chi connectivity index (χ3n) is 2.31. The fourth-order valence-electron chi connectivity index (χ4n) is 1.43. The zero-order chi connectivity index (χ0) is 12.1. The van der Waals surface area contributed by atoms with Gasteiger partial charge < -0.3 is 4.74 Å². The van der Waals surface area contributed by atoms with Gasteiger partial charge >= 0.3 is 0 Å². The third-order valence-corrected chi connectivity index (χ3v) is 2.56. The van der Waals surface area contributed by atoms with Crippen LogP contribution in [0, 0.1) is 0 Å². The van der Waals surface area contributed by atoms with Gasteiger partial charge in [-0.1, -0.05) is 35.9 Å². The summed E-state index contributed by atoms with van der Waals surface area (Å²) < 4.78 is 5.22. The summed E-state index contributed by atoms with van der Waals surface area (Å²) in [5, 5.41) is 0.722. The molecule has 86 valence electrons. The first kappa shape index (κ1) is 11.7. The molecule has 0 unspecified atom stereocenters. The number of aliphatic imine (C=N–C) groups is 1. The molecule has 0 spiro atoms. The van der Waals surface area contributed by atoms with Crippen molar-refractivity contribution in [2.24, 2.45) is 4.99 Å². The number of hydrogen-bond donors (Lipinski definition) is 0. The van der Waals surface area contributed by atoms with Gasteiger partial charge in [0.15, 0.2) is 0 Å². The molecule has 2 rings (SSSR count). The number of methoxy groups -OCH3 is 1. The van der Waals surface area contributed by atoms with Gasteiger partial charge in [0.1, 0.15) is 11.4 Å². The van der Waals surface area contributed by atoms with Gasteiger partial charge in [-0.15, -0.1) is 0 Å². The third kappa shape index (κ3) is 3.08. The monoisotopic (exact) mass is 245 g/mol. The molecule has 0 aromatic heterocycles. The second kappa shape index (κ2) is 5.51. The van der Waals surface area contributed by atoms with Gasteiger partial charge in [0, 0.05) is 11.2 Å². The summed E-state index contributed by atoms with van der Waals surface area (Å²) in [6.07, 6.45) is 1.79. The molecule has 0 aliphatic heterocycles. The Hall–Kier alpha value is -1.80. The van der Waals surface area contributed by atoms with Gasteiger partial charge in [-0.3, -0.25) is 4.99 Å². The number of ether oxygens (including phenoxy) is 1. The van der Waals surface area contributed by atoms with Crippen LogP contribution < -0.4 is 4.74 Å². The fourth-order valence-corrected chi connectivity index (χ4v) is 1.56. The summed E-state index contributed by atoms with van der Waals surface area (Å²) in [5.74, 6) is 0.762. The quantitative estimate of drug-likeness (QED) is 0.746. The molecule has 0 atom stereocenters.